The van der Waals surface area contributed by atoms with Crippen molar-refractivity contribution in [3.05, 3.63) is 29.8 Å². The summed E-state index contributed by atoms with van der Waals surface area (Å²) < 4.78 is 0. The molecular formula is C16H27N. The molecule has 0 spiro atoms. The summed E-state index contributed by atoms with van der Waals surface area (Å²) in [5.74, 6) is 0.764. The van der Waals surface area contributed by atoms with Crippen LogP contribution in [0.5, 0.6) is 0 Å². The van der Waals surface area contributed by atoms with Crippen molar-refractivity contribution >= 4 is 5.69 Å². The smallest absolute Gasteiger partial charge is 0.0340 e. The first kappa shape index (κ1) is 14.1. The van der Waals surface area contributed by atoms with E-state index in [0.717, 1.165) is 12.5 Å². The number of anilines is 1. The van der Waals surface area contributed by atoms with Crippen LogP contribution in [-0.4, -0.2) is 6.54 Å². The van der Waals surface area contributed by atoms with E-state index in [0.29, 0.717) is 0 Å². The van der Waals surface area contributed by atoms with Crippen molar-refractivity contribution < 1.29 is 0 Å². The van der Waals surface area contributed by atoms with Crippen molar-refractivity contribution in [2.75, 3.05) is 11.9 Å². The Bertz CT molecular complexity index is 289. The van der Waals surface area contributed by atoms with Crippen LogP contribution >= 0.6 is 0 Å². The lowest BCUT2D eigenvalue weighted by atomic mass is 10.1. The van der Waals surface area contributed by atoms with E-state index in [1.807, 2.05) is 0 Å². The van der Waals surface area contributed by atoms with Gasteiger partial charge in [-0.05, 0) is 42.9 Å². The van der Waals surface area contributed by atoms with E-state index in [1.165, 1.54) is 43.4 Å². The Morgan fingerprint density at radius 1 is 1.06 bits per heavy atom. The molecule has 1 aromatic carbocycles. The number of benzene rings is 1. The van der Waals surface area contributed by atoms with E-state index >= 15 is 0 Å². The molecule has 1 unspecified atom stereocenters. The third kappa shape index (κ3) is 5.76. The molecule has 0 aliphatic heterocycles. The number of hydrogen-bond acceptors (Lipinski definition) is 1. The highest BCUT2D eigenvalue weighted by Crippen LogP contribution is 2.13. The predicted molar refractivity (Wildman–Crippen MR) is 77.6 cm³/mol. The number of aryl methyl sites for hydroxylation is 1. The topological polar surface area (TPSA) is 12.0 Å². The molecule has 0 aliphatic rings. The highest BCUT2D eigenvalue weighted by Gasteiger charge is 2.00. The molecule has 0 aromatic heterocycles. The molecule has 1 atom stereocenters. The zero-order chi connectivity index (χ0) is 12.5. The Balaban J connectivity index is 2.34. The average Bonchev–Trinajstić information content (AvgIpc) is 2.35. The molecule has 0 saturated heterocycles. The Labute approximate surface area is 107 Å². The van der Waals surface area contributed by atoms with E-state index < -0.39 is 0 Å². The molecule has 1 aromatic rings. The van der Waals surface area contributed by atoms with Gasteiger partial charge in [0, 0.05) is 12.2 Å². The highest BCUT2D eigenvalue weighted by atomic mass is 14.9. The average molecular weight is 233 g/mol. The summed E-state index contributed by atoms with van der Waals surface area (Å²) in [6.07, 6.45) is 6.36. The molecule has 0 amide bonds. The minimum Gasteiger partial charge on any atom is -0.385 e. The Morgan fingerprint density at radius 2 is 1.76 bits per heavy atom. The summed E-state index contributed by atoms with van der Waals surface area (Å²) in [5, 5.41) is 3.51. The van der Waals surface area contributed by atoms with Crippen LogP contribution in [0.2, 0.25) is 0 Å². The number of rotatable bonds is 8. The van der Waals surface area contributed by atoms with Gasteiger partial charge in [-0.1, -0.05) is 45.7 Å². The van der Waals surface area contributed by atoms with Crippen molar-refractivity contribution in [3.8, 4) is 0 Å². The minimum atomic E-state index is 0.764. The fourth-order valence-corrected chi connectivity index (χ4v) is 2.06. The molecule has 0 radical (unpaired) electrons. The van der Waals surface area contributed by atoms with Crippen molar-refractivity contribution in [1.29, 1.82) is 0 Å². The normalized spacial score (nSPS) is 12.4. The van der Waals surface area contributed by atoms with Gasteiger partial charge in [0.2, 0.25) is 0 Å². The monoisotopic (exact) mass is 233 g/mol. The van der Waals surface area contributed by atoms with E-state index in [-0.39, 0.29) is 0 Å². The van der Waals surface area contributed by atoms with Gasteiger partial charge < -0.3 is 5.32 Å². The fourth-order valence-electron chi connectivity index (χ4n) is 2.06. The molecule has 1 heteroatoms. The Morgan fingerprint density at radius 3 is 2.35 bits per heavy atom. The van der Waals surface area contributed by atoms with Gasteiger partial charge in [-0.2, -0.15) is 0 Å². The van der Waals surface area contributed by atoms with Crippen LogP contribution in [0.15, 0.2) is 24.3 Å². The molecule has 0 bridgehead atoms. The van der Waals surface area contributed by atoms with Gasteiger partial charge in [0.1, 0.15) is 0 Å². The second-order valence-corrected chi connectivity index (χ2v) is 5.08. The van der Waals surface area contributed by atoms with Gasteiger partial charge in [0.05, 0.1) is 0 Å². The fraction of sp³-hybridized carbons (Fsp3) is 0.625. The highest BCUT2D eigenvalue weighted by molar-refractivity contribution is 5.44. The van der Waals surface area contributed by atoms with Crippen molar-refractivity contribution in [1.82, 2.24) is 0 Å². The first-order valence-electron chi connectivity index (χ1n) is 7.09. The number of unbranched alkanes of at least 4 members (excludes halogenated alkanes) is 1. The molecule has 1 rings (SSSR count). The third-order valence-corrected chi connectivity index (χ3v) is 3.21. The first-order valence-corrected chi connectivity index (χ1v) is 7.09. The van der Waals surface area contributed by atoms with Crippen LogP contribution in [0.25, 0.3) is 0 Å². The van der Waals surface area contributed by atoms with E-state index in [1.54, 1.807) is 0 Å². The first-order chi connectivity index (χ1) is 8.26. The van der Waals surface area contributed by atoms with Crippen LogP contribution in [0.3, 0.4) is 0 Å². The summed E-state index contributed by atoms with van der Waals surface area (Å²) >= 11 is 0. The second-order valence-electron chi connectivity index (χ2n) is 5.08. The van der Waals surface area contributed by atoms with Gasteiger partial charge >= 0.3 is 0 Å². The largest absolute Gasteiger partial charge is 0.385 e. The van der Waals surface area contributed by atoms with Crippen LogP contribution < -0.4 is 5.32 Å². The molecular weight excluding hydrogens is 206 g/mol. The zero-order valence-corrected chi connectivity index (χ0v) is 11.6. The van der Waals surface area contributed by atoms with Gasteiger partial charge in [0.15, 0.2) is 0 Å². The van der Waals surface area contributed by atoms with E-state index in [4.69, 9.17) is 0 Å². The molecule has 0 heterocycles. The van der Waals surface area contributed by atoms with Crippen LogP contribution in [0, 0.1) is 5.92 Å². The SMILES string of the molecule is CCCCc1ccc(NCC(C)CCC)cc1. The lowest BCUT2D eigenvalue weighted by Gasteiger charge is -2.12. The zero-order valence-electron chi connectivity index (χ0n) is 11.6. The molecule has 0 saturated carbocycles. The predicted octanol–water partition coefficient (Wildman–Crippen LogP) is 4.88. The van der Waals surface area contributed by atoms with Gasteiger partial charge in [-0.25, -0.2) is 0 Å². The molecule has 1 N–H and O–H groups in total. The summed E-state index contributed by atoms with van der Waals surface area (Å²) in [6.45, 7) is 7.89. The van der Waals surface area contributed by atoms with E-state index in [2.05, 4.69) is 50.4 Å². The maximum Gasteiger partial charge on any atom is 0.0340 e. The summed E-state index contributed by atoms with van der Waals surface area (Å²) in [4.78, 5) is 0. The Kier molecular flexibility index (Phi) is 6.76. The molecule has 96 valence electrons. The molecule has 0 aliphatic carbocycles. The lowest BCUT2D eigenvalue weighted by molar-refractivity contribution is 0.551. The van der Waals surface area contributed by atoms with E-state index in [9.17, 15) is 0 Å². The summed E-state index contributed by atoms with van der Waals surface area (Å²) in [5.41, 5.74) is 2.72. The van der Waals surface area contributed by atoms with Crippen LogP contribution in [0.4, 0.5) is 5.69 Å². The second kappa shape index (κ2) is 8.16. The molecule has 0 fully saturated rings. The summed E-state index contributed by atoms with van der Waals surface area (Å²) in [6, 6.07) is 8.93. The standard InChI is InChI=1S/C16H27N/c1-4-6-8-15-9-11-16(12-10-15)17-13-14(3)7-5-2/h9-12,14,17H,4-8,13H2,1-3H3. The Hall–Kier alpha value is -0.980. The van der Waals surface area contributed by atoms with Gasteiger partial charge in [0.25, 0.3) is 0 Å². The number of nitrogens with one attached hydrogen (secondary N) is 1. The quantitative estimate of drug-likeness (QED) is 0.675. The van der Waals surface area contributed by atoms with Crippen molar-refractivity contribution in [3.63, 3.8) is 0 Å². The van der Waals surface area contributed by atoms with Gasteiger partial charge in [-0.3, -0.25) is 0 Å². The van der Waals surface area contributed by atoms with Crippen LogP contribution in [0.1, 0.15) is 52.0 Å². The van der Waals surface area contributed by atoms with Crippen molar-refractivity contribution in [2.45, 2.75) is 52.9 Å². The molecule has 1 nitrogen and oxygen atoms in total. The molecule has 17 heavy (non-hydrogen) atoms. The van der Waals surface area contributed by atoms with Crippen molar-refractivity contribution in [2.24, 2.45) is 5.92 Å². The lowest BCUT2D eigenvalue weighted by Crippen LogP contribution is -2.10. The van der Waals surface area contributed by atoms with Crippen LogP contribution in [-0.2, 0) is 6.42 Å². The number of hydrogen-bond donors (Lipinski definition) is 1. The maximum atomic E-state index is 3.51. The third-order valence-electron chi connectivity index (χ3n) is 3.21. The maximum absolute atomic E-state index is 3.51. The van der Waals surface area contributed by atoms with Gasteiger partial charge in [-0.15, -0.1) is 0 Å². The minimum absolute atomic E-state index is 0.764. The summed E-state index contributed by atoms with van der Waals surface area (Å²) in [7, 11) is 0.